The molecule has 3 rings (SSSR count). The second-order valence-electron chi connectivity index (χ2n) is 12.6. The third kappa shape index (κ3) is 17.8. The number of phenols is 2. The molecule has 0 heterocycles. The summed E-state index contributed by atoms with van der Waals surface area (Å²) >= 11 is 0. The van der Waals surface area contributed by atoms with Gasteiger partial charge in [0.2, 0.25) is 0 Å². The molecule has 0 aliphatic heterocycles. The largest absolute Gasteiger partial charge is 2.00 e. The van der Waals surface area contributed by atoms with Gasteiger partial charge in [0.05, 0.1) is 12.1 Å². The summed E-state index contributed by atoms with van der Waals surface area (Å²) in [5.74, 6) is -0.185. The van der Waals surface area contributed by atoms with Crippen molar-refractivity contribution in [2.24, 2.45) is 21.8 Å². The minimum Gasteiger partial charge on any atom is -0.550 e. The van der Waals surface area contributed by atoms with Crippen LogP contribution in [0.5, 0.6) is 11.5 Å². The molecule has 9 heteroatoms. The van der Waals surface area contributed by atoms with Crippen molar-refractivity contribution >= 4 is 24.4 Å². The van der Waals surface area contributed by atoms with E-state index in [-0.39, 0.29) is 28.9 Å². The fourth-order valence-corrected chi connectivity index (χ4v) is 4.95. The second kappa shape index (κ2) is 21.5. The molecule has 0 bridgehead atoms. The number of carboxylic acid groups (broad SMARTS) is 2. The molecule has 0 amide bonds. The number of hydrogen-bond donors (Lipinski definition) is 2. The van der Waals surface area contributed by atoms with Crippen molar-refractivity contribution in [3.05, 3.63) is 57.6 Å². The maximum Gasteiger partial charge on any atom is 2.00 e. The van der Waals surface area contributed by atoms with Crippen LogP contribution in [0.1, 0.15) is 113 Å². The first-order valence-electron chi connectivity index (χ1n) is 15.6. The van der Waals surface area contributed by atoms with E-state index in [1.165, 1.54) is 11.1 Å². The molecule has 1 aliphatic rings. The first-order chi connectivity index (χ1) is 20.6. The topological polar surface area (TPSA) is 145 Å². The van der Waals surface area contributed by atoms with E-state index >= 15 is 0 Å². The van der Waals surface area contributed by atoms with Crippen LogP contribution in [0, 0.1) is 25.7 Å². The Morgan fingerprint density at radius 2 is 1.11 bits per heavy atom. The average Bonchev–Trinajstić information content (AvgIpc) is 2.92. The van der Waals surface area contributed by atoms with Gasteiger partial charge >= 0.3 is 16.8 Å². The third-order valence-electron chi connectivity index (χ3n) is 7.27. The van der Waals surface area contributed by atoms with Crippen LogP contribution in [0.15, 0.2) is 34.3 Å². The van der Waals surface area contributed by atoms with E-state index < -0.39 is 11.9 Å². The van der Waals surface area contributed by atoms with Gasteiger partial charge < -0.3 is 30.0 Å². The summed E-state index contributed by atoms with van der Waals surface area (Å²) in [6.45, 7) is 14.8. The Morgan fingerprint density at radius 1 is 0.778 bits per heavy atom. The number of carboxylic acids is 2. The molecule has 251 valence electrons. The minimum absolute atomic E-state index is 0. The van der Waals surface area contributed by atoms with Gasteiger partial charge in [0.1, 0.15) is 11.5 Å². The molecule has 1 aliphatic carbocycles. The molecule has 2 aromatic carbocycles. The molecule has 1 fully saturated rings. The van der Waals surface area contributed by atoms with Crippen LogP contribution in [-0.2, 0) is 39.2 Å². The van der Waals surface area contributed by atoms with Crippen LogP contribution in [-0.4, -0.2) is 46.7 Å². The molecule has 1 saturated carbocycles. The van der Waals surface area contributed by atoms with Crippen molar-refractivity contribution in [3.63, 3.8) is 0 Å². The number of rotatable bonds is 10. The third-order valence-corrected chi connectivity index (χ3v) is 7.27. The number of hydrogen-bond acceptors (Lipinski definition) is 8. The monoisotopic (exact) mass is 667 g/mol. The summed E-state index contributed by atoms with van der Waals surface area (Å²) in [4.78, 5) is 27.5. The molecule has 0 saturated heterocycles. The minimum atomic E-state index is -1.08. The maximum absolute atomic E-state index is 10.6. The van der Waals surface area contributed by atoms with E-state index in [1.54, 1.807) is 0 Å². The van der Waals surface area contributed by atoms with Crippen molar-refractivity contribution in [1.82, 2.24) is 0 Å². The fraction of sp³-hybridized carbons (Fsp3) is 0.556. The van der Waals surface area contributed by atoms with E-state index in [2.05, 4.69) is 52.0 Å². The number of carbonyl (C=O) groups excluding carboxylic acids is 2. The smallest absolute Gasteiger partial charge is 0.550 e. The van der Waals surface area contributed by atoms with Gasteiger partial charge in [-0.25, -0.2) is 0 Å². The van der Waals surface area contributed by atoms with Crippen LogP contribution >= 0.6 is 0 Å². The normalized spacial score (nSPS) is 16.1. The van der Waals surface area contributed by atoms with Gasteiger partial charge in [0, 0.05) is 35.5 Å². The van der Waals surface area contributed by atoms with Gasteiger partial charge in [-0.2, -0.15) is 0 Å². The van der Waals surface area contributed by atoms with Crippen LogP contribution in [0.3, 0.4) is 0 Å². The van der Waals surface area contributed by atoms with Crippen molar-refractivity contribution in [2.75, 3.05) is 0 Å². The Kier molecular flexibility index (Phi) is 20.0. The summed E-state index contributed by atoms with van der Waals surface area (Å²) < 4.78 is 0. The summed E-state index contributed by atoms with van der Waals surface area (Å²) in [5, 5.41) is 39.0. The number of benzene rings is 2. The Labute approximate surface area is 280 Å². The van der Waals surface area contributed by atoms with Crippen molar-refractivity contribution in [1.29, 1.82) is 0 Å². The molecular formula is C36H52CoN2O6. The number of aliphatic imine (C=N–C) groups is 2. The predicted octanol–water partition coefficient (Wildman–Crippen LogP) is 5.25. The van der Waals surface area contributed by atoms with E-state index in [1.807, 2.05) is 26.3 Å². The molecule has 0 aromatic heterocycles. The predicted molar refractivity (Wildman–Crippen MR) is 175 cm³/mol. The first kappa shape index (κ1) is 41.8. The van der Waals surface area contributed by atoms with Gasteiger partial charge in [0.25, 0.3) is 0 Å². The van der Waals surface area contributed by atoms with Crippen LogP contribution in [0.2, 0.25) is 0 Å². The summed E-state index contributed by atoms with van der Waals surface area (Å²) in [5.41, 5.74) is 5.98. The Bertz CT molecular complexity index is 1170. The molecule has 0 spiro atoms. The molecule has 2 unspecified atom stereocenters. The number of carbonyl (C=O) groups is 2. The van der Waals surface area contributed by atoms with Crippen LogP contribution < -0.4 is 10.2 Å². The number of aryl methyl sites for hydroxylation is 4. The number of aromatic hydroxyl groups is 2. The Balaban J connectivity index is 0.00000192. The van der Waals surface area contributed by atoms with Gasteiger partial charge in [-0.3, -0.25) is 9.98 Å². The van der Waals surface area contributed by atoms with Crippen LogP contribution in [0.4, 0.5) is 0 Å². The zero-order chi connectivity index (χ0) is 33.4. The molecule has 8 nitrogen and oxygen atoms in total. The van der Waals surface area contributed by atoms with Crippen molar-refractivity contribution in [2.45, 2.75) is 119 Å². The zero-order valence-electron chi connectivity index (χ0n) is 28.2. The summed E-state index contributed by atoms with van der Waals surface area (Å²) in [7, 11) is 0. The molecule has 2 aromatic rings. The quantitative estimate of drug-likeness (QED) is 0.331. The van der Waals surface area contributed by atoms with Gasteiger partial charge in [0.15, 0.2) is 0 Å². The molecule has 2 atom stereocenters. The first-order valence-corrected chi connectivity index (χ1v) is 15.6. The van der Waals surface area contributed by atoms with Crippen molar-refractivity contribution in [3.8, 4) is 11.5 Å². The molecular weight excluding hydrogens is 615 g/mol. The van der Waals surface area contributed by atoms with Gasteiger partial charge in [-0.1, -0.05) is 39.8 Å². The number of nitrogens with zero attached hydrogens (tertiary/aromatic N) is 2. The zero-order valence-corrected chi connectivity index (χ0v) is 29.2. The fourth-order valence-electron chi connectivity index (χ4n) is 4.95. The molecule has 45 heavy (non-hydrogen) atoms. The van der Waals surface area contributed by atoms with Gasteiger partial charge in [-0.15, -0.1) is 0 Å². The Morgan fingerprint density at radius 3 is 1.42 bits per heavy atom. The SMILES string of the molecule is CC(=O)[O-].CC(=O)[O-].Cc1cc(CCC(C)C)cc(C=NC2CCCC(N=Cc3cc(CCC(C)C)cc(C)c3O)C2)c1O.[Co+2]. The molecule has 1 radical (unpaired) electrons. The average molecular weight is 668 g/mol. The van der Waals surface area contributed by atoms with E-state index in [9.17, 15) is 10.2 Å². The Hall–Kier alpha value is -3.17. The molecule has 2 N–H and O–H groups in total. The second-order valence-corrected chi connectivity index (χ2v) is 12.6. The number of phenolic OH excluding ortho intramolecular Hbond substituents is 2. The maximum atomic E-state index is 10.6. The van der Waals surface area contributed by atoms with E-state index in [0.717, 1.165) is 87.5 Å². The van der Waals surface area contributed by atoms with E-state index in [4.69, 9.17) is 29.8 Å². The van der Waals surface area contributed by atoms with E-state index in [0.29, 0.717) is 23.3 Å². The standard InChI is InChI=1S/C32H46N2O2.2C2H4O2.Co/c1-21(2)10-12-25-14-23(5)31(35)27(16-25)19-33-29-8-7-9-30(18-29)34-20-28-17-26(13-11-22(3)4)15-24(6)32(28)36;2*1-2(3)4;/h14-17,19-22,29-30,35-36H,7-13,18H2,1-6H3;2*1H3,(H,3,4);/q;;;+2/p-2. The van der Waals surface area contributed by atoms with Crippen molar-refractivity contribution < 1.29 is 46.8 Å². The van der Waals surface area contributed by atoms with Crippen LogP contribution in [0.25, 0.3) is 0 Å². The van der Waals surface area contributed by atoms with Gasteiger partial charge in [-0.05, 0) is 125 Å². The summed E-state index contributed by atoms with van der Waals surface area (Å²) in [6.07, 6.45) is 12.1. The number of aliphatic carboxylic acids is 2. The summed E-state index contributed by atoms with van der Waals surface area (Å²) in [6, 6.07) is 8.76.